The van der Waals surface area contributed by atoms with E-state index in [9.17, 15) is 33.0 Å². The van der Waals surface area contributed by atoms with Gasteiger partial charge >= 0.3 is 6.18 Å². The lowest BCUT2D eigenvalue weighted by atomic mass is 9.90. The van der Waals surface area contributed by atoms with Crippen LogP contribution >= 0.6 is 0 Å². The number of alkyl halides is 3. The number of fused-ring (bicyclic) bond motifs is 3. The number of nitrogens with zero attached hydrogens (tertiary/aromatic N) is 4. The molecule has 1 fully saturated rings. The van der Waals surface area contributed by atoms with Crippen LogP contribution in [-0.2, 0) is 11.0 Å². The molecule has 1 unspecified atom stereocenters. The van der Waals surface area contributed by atoms with Crippen LogP contribution in [0.3, 0.4) is 0 Å². The Hall–Kier alpha value is -4.82. The number of nitrogen functional groups attached to an aromatic ring is 1. The summed E-state index contributed by atoms with van der Waals surface area (Å²) in [6.07, 6.45) is 5.28. The maximum Gasteiger partial charge on any atom is 0.416 e. The van der Waals surface area contributed by atoms with Crippen LogP contribution in [-0.4, -0.2) is 53.6 Å². The van der Waals surface area contributed by atoms with Gasteiger partial charge in [-0.25, -0.2) is 9.97 Å². The summed E-state index contributed by atoms with van der Waals surface area (Å²) in [7, 11) is 0. The Morgan fingerprint density at radius 2 is 1.87 bits per heavy atom. The van der Waals surface area contributed by atoms with E-state index in [4.69, 9.17) is 10.8 Å². The van der Waals surface area contributed by atoms with E-state index in [0.717, 1.165) is 37.6 Å². The topological polar surface area (TPSA) is 168 Å². The van der Waals surface area contributed by atoms with Crippen molar-refractivity contribution in [2.45, 2.75) is 75.4 Å². The smallest absolute Gasteiger partial charge is 0.383 e. The number of hydrogen-bond acceptors (Lipinski definition) is 8. The number of pyridine rings is 2. The van der Waals surface area contributed by atoms with E-state index in [0.29, 0.717) is 53.4 Å². The van der Waals surface area contributed by atoms with E-state index in [-0.39, 0.29) is 41.6 Å². The quantitative estimate of drug-likeness (QED) is 0.188. The summed E-state index contributed by atoms with van der Waals surface area (Å²) in [6, 6.07) is 7.78. The molecule has 0 spiro atoms. The molecule has 14 heteroatoms. The molecule has 3 aromatic heterocycles. The van der Waals surface area contributed by atoms with Crippen molar-refractivity contribution in [2.24, 2.45) is 0 Å². The molecule has 2 aliphatic rings. The van der Waals surface area contributed by atoms with Gasteiger partial charge in [0, 0.05) is 48.0 Å². The first-order chi connectivity index (χ1) is 22.4. The zero-order chi connectivity index (χ0) is 33.3. The van der Waals surface area contributed by atoms with Gasteiger partial charge in [0.25, 0.3) is 5.91 Å². The molecule has 246 valence electrons. The average molecular weight is 650 g/mol. The van der Waals surface area contributed by atoms with Gasteiger partial charge in [0.05, 0.1) is 22.5 Å². The number of nitrogens with one attached hydrogen (secondary N) is 2. The van der Waals surface area contributed by atoms with Gasteiger partial charge in [-0.1, -0.05) is 12.1 Å². The number of carbonyl (C=O) groups excluding carboxylic acids is 2. The second kappa shape index (κ2) is 12.8. The molecule has 6 N–H and O–H groups in total. The van der Waals surface area contributed by atoms with Crippen LogP contribution < -0.4 is 16.4 Å². The molecule has 0 saturated heterocycles. The fourth-order valence-corrected chi connectivity index (χ4v) is 6.24. The van der Waals surface area contributed by atoms with Gasteiger partial charge in [0.2, 0.25) is 5.91 Å². The highest BCUT2D eigenvalue weighted by atomic mass is 19.4. The second-order valence-corrected chi connectivity index (χ2v) is 12.1. The molecule has 4 aromatic rings. The Morgan fingerprint density at radius 1 is 1.09 bits per heavy atom. The lowest BCUT2D eigenvalue weighted by Gasteiger charge is -2.30. The lowest BCUT2D eigenvalue weighted by molar-refractivity contribution is -0.137. The summed E-state index contributed by atoms with van der Waals surface area (Å²) < 4.78 is 41.2. The molecule has 1 aromatic carbocycles. The largest absolute Gasteiger partial charge is 0.416 e. The summed E-state index contributed by atoms with van der Waals surface area (Å²) >= 11 is 0. The van der Waals surface area contributed by atoms with Crippen LogP contribution in [0.15, 0.2) is 54.9 Å². The molecule has 4 heterocycles. The number of halogens is 3. The van der Waals surface area contributed by atoms with Crippen LogP contribution in [0.5, 0.6) is 0 Å². The Balaban J connectivity index is 1.38. The monoisotopic (exact) mass is 649 g/mol. The molecular formula is C33H34F3N7O4. The first kappa shape index (κ1) is 32.1. The van der Waals surface area contributed by atoms with Crippen molar-refractivity contribution in [3.8, 4) is 11.3 Å². The van der Waals surface area contributed by atoms with Gasteiger partial charge in [-0.2, -0.15) is 18.3 Å². The van der Waals surface area contributed by atoms with Gasteiger partial charge in [0.15, 0.2) is 5.79 Å². The number of anilines is 2. The number of nitrogens with two attached hydrogens (primary N) is 1. The van der Waals surface area contributed by atoms with Crippen LogP contribution in [0.4, 0.5) is 24.8 Å². The Kier molecular flexibility index (Phi) is 8.72. The van der Waals surface area contributed by atoms with Gasteiger partial charge in [-0.3, -0.25) is 14.3 Å². The maximum atomic E-state index is 13.1. The highest BCUT2D eigenvalue weighted by Crippen LogP contribution is 2.39. The van der Waals surface area contributed by atoms with Crippen molar-refractivity contribution >= 4 is 40.4 Å². The molecule has 11 nitrogen and oxygen atoms in total. The Morgan fingerprint density at radius 3 is 2.64 bits per heavy atom. The van der Waals surface area contributed by atoms with E-state index in [1.54, 1.807) is 24.4 Å². The van der Waals surface area contributed by atoms with Crippen molar-refractivity contribution in [1.82, 2.24) is 25.1 Å². The van der Waals surface area contributed by atoms with E-state index in [2.05, 4.69) is 20.6 Å². The third kappa shape index (κ3) is 7.13. The molecule has 1 aliphatic carbocycles. The van der Waals surface area contributed by atoms with E-state index < -0.39 is 23.4 Å². The van der Waals surface area contributed by atoms with Crippen LogP contribution in [0.1, 0.15) is 78.9 Å². The second-order valence-electron chi connectivity index (χ2n) is 12.1. The summed E-state index contributed by atoms with van der Waals surface area (Å²) in [5, 5.41) is 32.3. The first-order valence-corrected chi connectivity index (χ1v) is 15.4. The Bertz CT molecular complexity index is 1840. The fraction of sp³-hybridized carbons (Fsp3) is 0.364. The molecular weight excluding hydrogens is 615 g/mol. The van der Waals surface area contributed by atoms with Crippen molar-refractivity contribution < 1.29 is 33.0 Å². The number of hydrogen-bond donors (Lipinski definition) is 5. The molecule has 6 rings (SSSR count). The summed E-state index contributed by atoms with van der Waals surface area (Å²) in [5.41, 5.74) is 8.00. The third-order valence-corrected chi connectivity index (χ3v) is 8.62. The number of aromatic nitrogens is 4. The molecule has 2 amide bonds. The lowest BCUT2D eigenvalue weighted by Crippen LogP contribution is -2.39. The molecule has 2 atom stereocenters. The van der Waals surface area contributed by atoms with Gasteiger partial charge < -0.3 is 26.6 Å². The third-order valence-electron chi connectivity index (χ3n) is 8.62. The minimum atomic E-state index is -4.58. The van der Waals surface area contributed by atoms with Crippen molar-refractivity contribution in [2.75, 3.05) is 11.1 Å². The number of benzene rings is 1. The highest BCUT2D eigenvalue weighted by Gasteiger charge is 2.32. The fourth-order valence-electron chi connectivity index (χ4n) is 6.24. The van der Waals surface area contributed by atoms with Gasteiger partial charge in [-0.05, 0) is 74.9 Å². The Labute approximate surface area is 267 Å². The maximum absolute atomic E-state index is 13.1. The van der Waals surface area contributed by atoms with E-state index in [1.807, 2.05) is 4.68 Å². The molecule has 1 aliphatic heterocycles. The van der Waals surface area contributed by atoms with Crippen molar-refractivity contribution in [3.05, 3.63) is 71.6 Å². The van der Waals surface area contributed by atoms with Gasteiger partial charge in [0.1, 0.15) is 17.3 Å². The van der Waals surface area contributed by atoms with Crippen LogP contribution in [0.2, 0.25) is 0 Å². The number of aliphatic hydroxyl groups is 2. The summed E-state index contributed by atoms with van der Waals surface area (Å²) in [6.45, 7) is 0. The zero-order valence-electron chi connectivity index (χ0n) is 25.3. The first-order valence-electron chi connectivity index (χ1n) is 15.4. The normalized spacial score (nSPS) is 20.9. The number of amides is 2. The standard InChI is InChI=1S/C33H34F3N7O4/c34-33(35,36)22-12-15-38-25(16-22)41-31(45)20-9-7-19(8-10-20)28-27-29-21(18-39-30(27)37)11-14-32(46,47)13-2-1-6-26(44)40-23-4-3-5-24(17-23)43(29)42-28/h7-12,14-16,18,23-24,46-47H,1-6,13,17H2,(H2,37,39)(H,40,44)(H,38,41,45)/b14-11+/t23?,24-/m1/s1. The minimum Gasteiger partial charge on any atom is -0.383 e. The van der Waals surface area contributed by atoms with E-state index >= 15 is 0 Å². The molecule has 47 heavy (non-hydrogen) atoms. The van der Waals surface area contributed by atoms with E-state index in [1.165, 1.54) is 18.2 Å². The van der Waals surface area contributed by atoms with Crippen molar-refractivity contribution in [1.29, 1.82) is 0 Å². The highest BCUT2D eigenvalue weighted by molar-refractivity contribution is 6.06. The van der Waals surface area contributed by atoms with Crippen LogP contribution in [0.25, 0.3) is 28.2 Å². The SMILES string of the molecule is Nc1ncc2c3c1c(-c1ccc(C(=O)Nc4cc(C(F)(F)F)ccn4)cc1)nn3[C@@H]1CCCC(C1)NC(=O)CCCCC(O)(O)/C=C/2. The predicted molar refractivity (Wildman–Crippen MR) is 169 cm³/mol. The number of carbonyl (C=O) groups is 2. The van der Waals surface area contributed by atoms with Crippen molar-refractivity contribution in [3.63, 3.8) is 0 Å². The summed E-state index contributed by atoms with van der Waals surface area (Å²) in [4.78, 5) is 33.8. The van der Waals surface area contributed by atoms with Crippen LogP contribution in [0, 0.1) is 0 Å². The predicted octanol–water partition coefficient (Wildman–Crippen LogP) is 5.21. The average Bonchev–Trinajstić information content (AvgIpc) is 3.44. The summed E-state index contributed by atoms with van der Waals surface area (Å²) in [5.74, 6) is -2.86. The minimum absolute atomic E-state index is 0.0443. The zero-order valence-corrected chi connectivity index (χ0v) is 25.3. The van der Waals surface area contributed by atoms with Gasteiger partial charge in [-0.15, -0.1) is 0 Å². The molecule has 0 radical (unpaired) electrons. The number of rotatable bonds is 3. The molecule has 1 saturated carbocycles. The molecule has 2 bridgehead atoms.